The Labute approximate surface area is 136 Å². The molecular formula is C17H23NO3S. The van der Waals surface area contributed by atoms with Crippen LogP contribution in [0.1, 0.15) is 38.2 Å². The first-order valence-electron chi connectivity index (χ1n) is 7.52. The largest absolute Gasteiger partial charge is 0.489 e. The maximum Gasteiger partial charge on any atom is 0.200 e. The molecule has 5 heteroatoms. The van der Waals surface area contributed by atoms with Crippen LogP contribution >= 0.6 is 12.6 Å². The van der Waals surface area contributed by atoms with Crippen LogP contribution in [-0.2, 0) is 0 Å². The first kappa shape index (κ1) is 16.9. The molecule has 1 aromatic carbocycles. The van der Waals surface area contributed by atoms with Gasteiger partial charge in [0.2, 0.25) is 5.78 Å². The Hall–Kier alpha value is -1.46. The first-order chi connectivity index (χ1) is 10.4. The number of rotatable bonds is 7. The number of fused-ring (bicyclic) bond motifs is 1. The zero-order valence-electron chi connectivity index (χ0n) is 13.4. The lowest BCUT2D eigenvalue weighted by molar-refractivity contribution is 0.0913. The van der Waals surface area contributed by atoms with E-state index >= 15 is 0 Å². The van der Waals surface area contributed by atoms with Gasteiger partial charge in [0, 0.05) is 29.3 Å². The lowest BCUT2D eigenvalue weighted by Crippen LogP contribution is -2.32. The van der Waals surface area contributed by atoms with Crippen molar-refractivity contribution in [1.29, 1.82) is 0 Å². The summed E-state index contributed by atoms with van der Waals surface area (Å²) in [4.78, 5) is 12.0. The quantitative estimate of drug-likeness (QED) is 0.461. The predicted octanol–water partition coefficient (Wildman–Crippen LogP) is 3.90. The molecule has 0 radical (unpaired) electrons. The Morgan fingerprint density at radius 1 is 1.27 bits per heavy atom. The lowest BCUT2D eigenvalue weighted by atomic mass is 10.1. The Morgan fingerprint density at radius 2 is 2.00 bits per heavy atom. The minimum atomic E-state index is -0.0781. The van der Waals surface area contributed by atoms with Gasteiger partial charge in [0.05, 0.1) is 0 Å². The third-order valence-electron chi connectivity index (χ3n) is 3.30. The second kappa shape index (κ2) is 7.20. The van der Waals surface area contributed by atoms with E-state index in [1.165, 1.54) is 0 Å². The van der Waals surface area contributed by atoms with Crippen molar-refractivity contribution in [3.63, 3.8) is 0 Å². The number of carbonyl (C=O) groups excluding carboxylic acids is 1. The standard InChI is InChI=1S/C17H23NO3S/c1-10(2)17(19)16-7-13-5-6-14(8-15(13)21-16)20-11(3)9-18-12(4)22/h5-8,10-12,18,22H,9H2,1-4H3/t11-,12?/m1/s1. The number of ether oxygens (including phenoxy) is 1. The fourth-order valence-corrected chi connectivity index (χ4v) is 2.21. The molecule has 0 aliphatic rings. The topological polar surface area (TPSA) is 51.5 Å². The molecule has 2 aromatic rings. The molecule has 1 unspecified atom stereocenters. The van der Waals surface area contributed by atoms with Gasteiger partial charge in [0.25, 0.3) is 0 Å². The molecule has 4 nitrogen and oxygen atoms in total. The van der Waals surface area contributed by atoms with Crippen LogP contribution in [0.25, 0.3) is 11.0 Å². The van der Waals surface area contributed by atoms with Gasteiger partial charge >= 0.3 is 0 Å². The average Bonchev–Trinajstić information content (AvgIpc) is 2.87. The van der Waals surface area contributed by atoms with E-state index in [0.29, 0.717) is 17.9 Å². The van der Waals surface area contributed by atoms with Crippen molar-refractivity contribution < 1.29 is 13.9 Å². The number of furan rings is 1. The zero-order chi connectivity index (χ0) is 16.3. The summed E-state index contributed by atoms with van der Waals surface area (Å²) < 4.78 is 11.5. The number of Topliss-reactive ketones (excluding diaryl/α,β-unsaturated/α-hetero) is 1. The van der Waals surface area contributed by atoms with E-state index in [2.05, 4.69) is 17.9 Å². The van der Waals surface area contributed by atoms with E-state index in [9.17, 15) is 4.79 Å². The molecule has 0 aliphatic heterocycles. The van der Waals surface area contributed by atoms with Crippen LogP contribution in [0, 0.1) is 5.92 Å². The Morgan fingerprint density at radius 3 is 2.64 bits per heavy atom. The van der Waals surface area contributed by atoms with Crippen molar-refractivity contribution in [2.45, 2.75) is 39.2 Å². The molecule has 0 bridgehead atoms. The van der Waals surface area contributed by atoms with Gasteiger partial charge in [-0.25, -0.2) is 0 Å². The summed E-state index contributed by atoms with van der Waals surface area (Å²) in [5.74, 6) is 1.07. The fourth-order valence-electron chi connectivity index (χ4n) is 2.10. The monoisotopic (exact) mass is 321 g/mol. The molecule has 0 saturated heterocycles. The van der Waals surface area contributed by atoms with E-state index in [1.54, 1.807) is 6.07 Å². The molecule has 0 amide bonds. The van der Waals surface area contributed by atoms with Gasteiger partial charge in [-0.05, 0) is 32.0 Å². The van der Waals surface area contributed by atoms with Crippen molar-refractivity contribution in [2.24, 2.45) is 5.92 Å². The second-order valence-corrected chi connectivity index (χ2v) is 6.62. The summed E-state index contributed by atoms with van der Waals surface area (Å²) in [6.07, 6.45) is 0.0128. The molecule has 1 heterocycles. The number of hydrogen-bond donors (Lipinski definition) is 2. The van der Waals surface area contributed by atoms with Crippen molar-refractivity contribution >= 4 is 29.4 Å². The number of benzene rings is 1. The van der Waals surface area contributed by atoms with Crippen LogP contribution < -0.4 is 10.1 Å². The summed E-state index contributed by atoms with van der Waals surface area (Å²) in [7, 11) is 0. The molecule has 1 N–H and O–H groups in total. The first-order valence-corrected chi connectivity index (χ1v) is 8.04. The maximum absolute atomic E-state index is 12.0. The number of hydrogen-bond acceptors (Lipinski definition) is 5. The van der Waals surface area contributed by atoms with Crippen molar-refractivity contribution in [1.82, 2.24) is 5.32 Å². The minimum Gasteiger partial charge on any atom is -0.489 e. The Balaban J connectivity index is 2.11. The summed E-state index contributed by atoms with van der Waals surface area (Å²) >= 11 is 4.27. The van der Waals surface area contributed by atoms with Crippen molar-refractivity contribution in [2.75, 3.05) is 6.54 Å². The normalized spacial score (nSPS) is 14.3. The second-order valence-electron chi connectivity index (χ2n) is 5.84. The van der Waals surface area contributed by atoms with E-state index < -0.39 is 0 Å². The molecule has 120 valence electrons. The van der Waals surface area contributed by atoms with Crippen molar-refractivity contribution in [3.8, 4) is 5.75 Å². The van der Waals surface area contributed by atoms with Crippen LogP contribution in [-0.4, -0.2) is 23.8 Å². The zero-order valence-corrected chi connectivity index (χ0v) is 14.3. The number of ketones is 1. The summed E-state index contributed by atoms with van der Waals surface area (Å²) in [5.41, 5.74) is 0.671. The maximum atomic E-state index is 12.0. The van der Waals surface area contributed by atoms with Gasteiger partial charge in [-0.15, -0.1) is 0 Å². The van der Waals surface area contributed by atoms with Crippen LogP contribution in [0.15, 0.2) is 28.7 Å². The van der Waals surface area contributed by atoms with E-state index in [4.69, 9.17) is 9.15 Å². The van der Waals surface area contributed by atoms with Gasteiger partial charge in [-0.1, -0.05) is 13.8 Å². The molecule has 2 atom stereocenters. The lowest BCUT2D eigenvalue weighted by Gasteiger charge is -2.16. The summed E-state index contributed by atoms with van der Waals surface area (Å²) in [6.45, 7) is 8.39. The van der Waals surface area contributed by atoms with Crippen LogP contribution in [0.4, 0.5) is 0 Å². The Kier molecular flexibility index (Phi) is 5.53. The third kappa shape index (κ3) is 4.27. The number of thiol groups is 1. The number of carbonyl (C=O) groups is 1. The third-order valence-corrected chi connectivity index (χ3v) is 3.48. The molecule has 1 aromatic heterocycles. The number of nitrogens with one attached hydrogen (secondary N) is 1. The smallest absolute Gasteiger partial charge is 0.200 e. The Bertz CT molecular complexity index is 648. The van der Waals surface area contributed by atoms with Crippen LogP contribution in [0.5, 0.6) is 5.75 Å². The summed E-state index contributed by atoms with van der Waals surface area (Å²) in [6, 6.07) is 7.41. The van der Waals surface area contributed by atoms with E-state index in [0.717, 1.165) is 11.1 Å². The molecule has 0 fully saturated rings. The highest BCUT2D eigenvalue weighted by Gasteiger charge is 2.16. The van der Waals surface area contributed by atoms with Gasteiger partial charge in [0.15, 0.2) is 5.76 Å². The molecule has 22 heavy (non-hydrogen) atoms. The summed E-state index contributed by atoms with van der Waals surface area (Å²) in [5, 5.41) is 4.24. The van der Waals surface area contributed by atoms with Gasteiger partial charge in [0.1, 0.15) is 17.4 Å². The molecule has 0 aliphatic carbocycles. The highest BCUT2D eigenvalue weighted by atomic mass is 32.1. The van der Waals surface area contributed by atoms with Crippen LogP contribution in [0.2, 0.25) is 0 Å². The van der Waals surface area contributed by atoms with Crippen LogP contribution in [0.3, 0.4) is 0 Å². The molecule has 2 rings (SSSR count). The van der Waals surface area contributed by atoms with Crippen molar-refractivity contribution in [3.05, 3.63) is 30.0 Å². The average molecular weight is 321 g/mol. The highest BCUT2D eigenvalue weighted by Crippen LogP contribution is 2.26. The fraction of sp³-hybridized carbons (Fsp3) is 0.471. The SMILES string of the molecule is CC(S)NC[C@@H](C)Oc1ccc2cc(C(=O)C(C)C)oc2c1. The van der Waals surface area contributed by atoms with E-state index in [-0.39, 0.29) is 23.2 Å². The molecular weight excluding hydrogens is 298 g/mol. The minimum absolute atomic E-state index is 0.0128. The van der Waals surface area contributed by atoms with Gasteiger partial charge < -0.3 is 14.5 Å². The highest BCUT2D eigenvalue weighted by molar-refractivity contribution is 7.80. The molecule has 0 spiro atoms. The van der Waals surface area contributed by atoms with Gasteiger partial charge in [-0.2, -0.15) is 12.6 Å². The predicted molar refractivity (Wildman–Crippen MR) is 91.9 cm³/mol. The van der Waals surface area contributed by atoms with E-state index in [1.807, 2.05) is 45.9 Å². The molecule has 0 saturated carbocycles. The van der Waals surface area contributed by atoms with Gasteiger partial charge in [-0.3, -0.25) is 4.79 Å².